The average molecular weight is 264 g/mol. The largest absolute Gasteiger partial charge is 0.398 e. The Kier molecular flexibility index (Phi) is 2.49. The number of hydrogen-bond acceptors (Lipinski definition) is 3. The number of nitrogens with two attached hydrogens (primary N) is 1. The van der Waals surface area contributed by atoms with Gasteiger partial charge in [0.2, 0.25) is 0 Å². The molecule has 1 fully saturated rings. The molecule has 4 rings (SSSR count). The number of nitrogens with zero attached hydrogens (tertiary/aromatic N) is 3. The molecule has 100 valence electrons. The van der Waals surface area contributed by atoms with Crippen molar-refractivity contribution >= 4 is 16.7 Å². The molecule has 3 aromatic rings. The molecular formula is C16H16N4. The molecule has 1 aliphatic carbocycles. The molecule has 2 aromatic heterocycles. The lowest BCUT2D eigenvalue weighted by molar-refractivity contribution is 0.716. The molecular weight excluding hydrogens is 248 g/mol. The number of nitrogen functional groups attached to an aromatic ring is 1. The van der Waals surface area contributed by atoms with Gasteiger partial charge in [-0.25, -0.2) is 4.98 Å². The summed E-state index contributed by atoms with van der Waals surface area (Å²) in [5.41, 5.74) is 10.2. The predicted octanol–water partition coefficient (Wildman–Crippen LogP) is 2.94. The summed E-state index contributed by atoms with van der Waals surface area (Å²) in [5.74, 6) is 1.09. The molecule has 0 unspecified atom stereocenters. The van der Waals surface area contributed by atoms with Crippen molar-refractivity contribution in [2.24, 2.45) is 0 Å². The Hall–Kier alpha value is -2.36. The first-order valence-corrected chi connectivity index (χ1v) is 6.97. The van der Waals surface area contributed by atoms with E-state index in [2.05, 4.69) is 21.7 Å². The van der Waals surface area contributed by atoms with Gasteiger partial charge in [0.1, 0.15) is 11.3 Å². The lowest BCUT2D eigenvalue weighted by atomic mass is 10.1. The monoisotopic (exact) mass is 264 g/mol. The SMILES string of the molecule is Nc1ccccc1Cc1nc2cnccc2n1C1CC1. The zero-order chi connectivity index (χ0) is 13.5. The van der Waals surface area contributed by atoms with E-state index >= 15 is 0 Å². The number of hydrogen-bond donors (Lipinski definition) is 1. The summed E-state index contributed by atoms with van der Waals surface area (Å²) in [7, 11) is 0. The van der Waals surface area contributed by atoms with E-state index in [9.17, 15) is 0 Å². The van der Waals surface area contributed by atoms with Gasteiger partial charge in [-0.05, 0) is 30.5 Å². The highest BCUT2D eigenvalue weighted by atomic mass is 15.1. The van der Waals surface area contributed by atoms with E-state index in [1.807, 2.05) is 30.6 Å². The summed E-state index contributed by atoms with van der Waals surface area (Å²) in [5, 5.41) is 0. The van der Waals surface area contributed by atoms with Crippen LogP contribution in [-0.4, -0.2) is 14.5 Å². The van der Waals surface area contributed by atoms with Crippen LogP contribution in [0, 0.1) is 0 Å². The van der Waals surface area contributed by atoms with Gasteiger partial charge < -0.3 is 10.3 Å². The summed E-state index contributed by atoms with van der Waals surface area (Å²) in [6.07, 6.45) is 6.93. The minimum atomic E-state index is 0.599. The Morgan fingerprint density at radius 1 is 1.20 bits per heavy atom. The number of rotatable bonds is 3. The van der Waals surface area contributed by atoms with Gasteiger partial charge in [0.05, 0.1) is 11.7 Å². The molecule has 4 heteroatoms. The molecule has 1 saturated carbocycles. The number of aromatic nitrogens is 3. The van der Waals surface area contributed by atoms with Crippen molar-refractivity contribution in [2.75, 3.05) is 5.73 Å². The summed E-state index contributed by atoms with van der Waals surface area (Å²) < 4.78 is 2.36. The van der Waals surface area contributed by atoms with Crippen LogP contribution in [0.25, 0.3) is 11.0 Å². The van der Waals surface area contributed by atoms with Crippen molar-refractivity contribution < 1.29 is 0 Å². The van der Waals surface area contributed by atoms with Gasteiger partial charge in [-0.15, -0.1) is 0 Å². The third-order valence-electron chi connectivity index (χ3n) is 3.88. The number of benzene rings is 1. The van der Waals surface area contributed by atoms with Crippen molar-refractivity contribution in [2.45, 2.75) is 25.3 Å². The molecule has 0 radical (unpaired) electrons. The first kappa shape index (κ1) is 11.5. The third kappa shape index (κ3) is 1.84. The Labute approximate surface area is 117 Å². The quantitative estimate of drug-likeness (QED) is 0.740. The topological polar surface area (TPSA) is 56.7 Å². The zero-order valence-corrected chi connectivity index (χ0v) is 11.2. The first-order valence-electron chi connectivity index (χ1n) is 6.97. The van der Waals surface area contributed by atoms with Crippen LogP contribution in [0.4, 0.5) is 5.69 Å². The second-order valence-corrected chi connectivity index (χ2v) is 5.37. The van der Waals surface area contributed by atoms with Crippen LogP contribution < -0.4 is 5.73 Å². The highest BCUT2D eigenvalue weighted by molar-refractivity contribution is 5.75. The van der Waals surface area contributed by atoms with Crippen LogP contribution in [0.5, 0.6) is 0 Å². The fourth-order valence-corrected chi connectivity index (χ4v) is 2.73. The van der Waals surface area contributed by atoms with Crippen LogP contribution in [0.1, 0.15) is 30.3 Å². The van der Waals surface area contributed by atoms with E-state index in [-0.39, 0.29) is 0 Å². The summed E-state index contributed by atoms with van der Waals surface area (Å²) in [6.45, 7) is 0. The third-order valence-corrected chi connectivity index (χ3v) is 3.88. The van der Waals surface area contributed by atoms with E-state index in [0.717, 1.165) is 29.0 Å². The maximum atomic E-state index is 6.06. The Bertz CT molecular complexity index is 771. The lowest BCUT2D eigenvalue weighted by Gasteiger charge is -2.09. The first-order chi connectivity index (χ1) is 9.83. The van der Waals surface area contributed by atoms with Gasteiger partial charge in [0.25, 0.3) is 0 Å². The van der Waals surface area contributed by atoms with Crippen LogP contribution in [0.2, 0.25) is 0 Å². The van der Waals surface area contributed by atoms with Gasteiger partial charge in [0.15, 0.2) is 0 Å². The predicted molar refractivity (Wildman–Crippen MR) is 79.5 cm³/mol. The van der Waals surface area contributed by atoms with Gasteiger partial charge in [-0.2, -0.15) is 0 Å². The number of para-hydroxylation sites is 1. The normalized spacial score (nSPS) is 14.8. The second-order valence-electron chi connectivity index (χ2n) is 5.37. The lowest BCUT2D eigenvalue weighted by Crippen LogP contribution is -2.04. The summed E-state index contributed by atoms with van der Waals surface area (Å²) >= 11 is 0. The van der Waals surface area contributed by atoms with Crippen LogP contribution in [0.3, 0.4) is 0 Å². The van der Waals surface area contributed by atoms with Crippen molar-refractivity contribution in [3.8, 4) is 0 Å². The fourth-order valence-electron chi connectivity index (χ4n) is 2.73. The number of pyridine rings is 1. The van der Waals surface area contributed by atoms with E-state index in [1.54, 1.807) is 0 Å². The molecule has 20 heavy (non-hydrogen) atoms. The van der Waals surface area contributed by atoms with E-state index < -0.39 is 0 Å². The van der Waals surface area contributed by atoms with Crippen LogP contribution >= 0.6 is 0 Å². The minimum Gasteiger partial charge on any atom is -0.398 e. The van der Waals surface area contributed by atoms with Crippen molar-refractivity contribution in [1.82, 2.24) is 14.5 Å². The molecule has 2 N–H and O–H groups in total. The Morgan fingerprint density at radius 3 is 2.85 bits per heavy atom. The van der Waals surface area contributed by atoms with E-state index in [0.29, 0.717) is 6.04 Å². The molecule has 0 spiro atoms. The van der Waals surface area contributed by atoms with Crippen molar-refractivity contribution in [3.05, 3.63) is 54.1 Å². The van der Waals surface area contributed by atoms with Crippen molar-refractivity contribution in [1.29, 1.82) is 0 Å². The van der Waals surface area contributed by atoms with Gasteiger partial charge in [-0.3, -0.25) is 4.98 Å². The fraction of sp³-hybridized carbons (Fsp3) is 0.250. The van der Waals surface area contributed by atoms with E-state index in [1.165, 1.54) is 18.4 Å². The molecule has 0 amide bonds. The molecule has 2 heterocycles. The highest BCUT2D eigenvalue weighted by Crippen LogP contribution is 2.39. The number of fused-ring (bicyclic) bond motifs is 1. The second kappa shape index (κ2) is 4.34. The molecule has 0 atom stereocenters. The van der Waals surface area contributed by atoms with Crippen LogP contribution in [0.15, 0.2) is 42.7 Å². The van der Waals surface area contributed by atoms with Crippen molar-refractivity contribution in [3.63, 3.8) is 0 Å². The van der Waals surface area contributed by atoms with Gasteiger partial charge in [-0.1, -0.05) is 18.2 Å². The average Bonchev–Trinajstić information content (AvgIpc) is 3.23. The van der Waals surface area contributed by atoms with Gasteiger partial charge in [0, 0.05) is 24.3 Å². The number of anilines is 1. The maximum absolute atomic E-state index is 6.06. The minimum absolute atomic E-state index is 0.599. The maximum Gasteiger partial charge on any atom is 0.114 e. The van der Waals surface area contributed by atoms with Gasteiger partial charge >= 0.3 is 0 Å². The smallest absolute Gasteiger partial charge is 0.114 e. The molecule has 4 nitrogen and oxygen atoms in total. The Morgan fingerprint density at radius 2 is 2.05 bits per heavy atom. The highest BCUT2D eigenvalue weighted by Gasteiger charge is 2.28. The molecule has 0 aliphatic heterocycles. The standard InChI is InChI=1S/C16H16N4/c17-13-4-2-1-3-11(13)9-16-19-14-10-18-8-7-15(14)20(16)12-5-6-12/h1-4,7-8,10,12H,5-6,9,17H2. The summed E-state index contributed by atoms with van der Waals surface area (Å²) in [6, 6.07) is 10.7. The molecule has 0 bridgehead atoms. The zero-order valence-electron chi connectivity index (χ0n) is 11.2. The molecule has 0 saturated heterocycles. The summed E-state index contributed by atoms with van der Waals surface area (Å²) in [4.78, 5) is 8.93. The van der Waals surface area contributed by atoms with E-state index in [4.69, 9.17) is 10.7 Å². The van der Waals surface area contributed by atoms with Crippen LogP contribution in [-0.2, 0) is 6.42 Å². The molecule has 1 aromatic carbocycles. The molecule has 1 aliphatic rings. The number of imidazole rings is 1. The Balaban J connectivity index is 1.83.